The second-order valence-electron chi connectivity index (χ2n) is 4.00. The van der Waals surface area contributed by atoms with E-state index in [4.69, 9.17) is 0 Å². The zero-order valence-corrected chi connectivity index (χ0v) is 12.2. The fourth-order valence-corrected chi connectivity index (χ4v) is 2.16. The lowest BCUT2D eigenvalue weighted by Gasteiger charge is -2.02. The minimum absolute atomic E-state index is 0.0431. The maximum Gasteiger partial charge on any atom is 0.191 e. The predicted molar refractivity (Wildman–Crippen MR) is 78.9 cm³/mol. The van der Waals surface area contributed by atoms with Crippen LogP contribution in [0.15, 0.2) is 42.9 Å². The highest BCUT2D eigenvalue weighted by Gasteiger charge is 2.12. The number of halogens is 2. The number of hydrogen-bond acceptors (Lipinski definition) is 4. The SMILES string of the molecule is Oc1cnc(I)nc1-c1cnn(-c2ccccc2F)c1. The Labute approximate surface area is 127 Å². The third kappa shape index (κ3) is 2.36. The van der Waals surface area contributed by atoms with Gasteiger partial charge in [-0.25, -0.2) is 19.0 Å². The average molecular weight is 382 g/mol. The zero-order valence-electron chi connectivity index (χ0n) is 10.0. The van der Waals surface area contributed by atoms with Crippen molar-refractivity contribution in [1.29, 1.82) is 0 Å². The van der Waals surface area contributed by atoms with Crippen LogP contribution in [0, 0.1) is 9.65 Å². The van der Waals surface area contributed by atoms with Gasteiger partial charge in [0.25, 0.3) is 0 Å². The number of benzene rings is 1. The van der Waals surface area contributed by atoms with Gasteiger partial charge in [0.15, 0.2) is 9.58 Å². The van der Waals surface area contributed by atoms with E-state index >= 15 is 0 Å². The standard InChI is InChI=1S/C13H8FIN4O/c14-9-3-1-2-4-10(9)19-7-8(5-17-19)12-11(20)6-16-13(15)18-12/h1-7,20H. The number of aromatic hydroxyl groups is 1. The fraction of sp³-hybridized carbons (Fsp3) is 0. The Bertz CT molecular complexity index is 775. The van der Waals surface area contributed by atoms with E-state index in [-0.39, 0.29) is 11.6 Å². The molecule has 3 aromatic rings. The van der Waals surface area contributed by atoms with Gasteiger partial charge < -0.3 is 5.11 Å². The summed E-state index contributed by atoms with van der Waals surface area (Å²) < 4.78 is 15.6. The van der Waals surface area contributed by atoms with Gasteiger partial charge in [-0.05, 0) is 12.1 Å². The molecule has 2 aromatic heterocycles. The first-order valence-electron chi connectivity index (χ1n) is 5.66. The number of rotatable bonds is 2. The van der Waals surface area contributed by atoms with Crippen molar-refractivity contribution in [2.24, 2.45) is 0 Å². The van der Waals surface area contributed by atoms with E-state index in [1.165, 1.54) is 23.1 Å². The van der Waals surface area contributed by atoms with Crippen LogP contribution in [0.5, 0.6) is 5.75 Å². The molecule has 0 amide bonds. The first-order chi connectivity index (χ1) is 9.65. The Balaban J connectivity index is 2.07. The Morgan fingerprint density at radius 1 is 1.20 bits per heavy atom. The molecule has 0 aliphatic rings. The molecule has 1 N–H and O–H groups in total. The van der Waals surface area contributed by atoms with Crippen LogP contribution in [0.2, 0.25) is 0 Å². The maximum atomic E-state index is 13.7. The van der Waals surface area contributed by atoms with Crippen LogP contribution in [0.3, 0.4) is 0 Å². The van der Waals surface area contributed by atoms with Crippen molar-refractivity contribution >= 4 is 22.6 Å². The summed E-state index contributed by atoms with van der Waals surface area (Å²) in [5.41, 5.74) is 1.29. The molecule has 0 unspecified atom stereocenters. The molecular weight excluding hydrogens is 374 g/mol. The average Bonchev–Trinajstić information content (AvgIpc) is 2.91. The summed E-state index contributed by atoms with van der Waals surface area (Å²) in [6, 6.07) is 6.32. The molecule has 0 radical (unpaired) electrons. The van der Waals surface area contributed by atoms with Crippen LogP contribution in [0.25, 0.3) is 16.9 Å². The van der Waals surface area contributed by atoms with Crippen LogP contribution in [-0.4, -0.2) is 24.9 Å². The monoisotopic (exact) mass is 382 g/mol. The van der Waals surface area contributed by atoms with E-state index in [1.807, 2.05) is 22.6 Å². The molecule has 100 valence electrons. The first kappa shape index (κ1) is 13.0. The molecule has 0 fully saturated rings. The van der Waals surface area contributed by atoms with Crippen molar-refractivity contribution < 1.29 is 9.50 Å². The van der Waals surface area contributed by atoms with Gasteiger partial charge in [0, 0.05) is 34.4 Å². The first-order valence-corrected chi connectivity index (χ1v) is 6.74. The molecule has 0 atom stereocenters. The predicted octanol–water partition coefficient (Wildman–Crippen LogP) is 2.78. The lowest BCUT2D eigenvalue weighted by Crippen LogP contribution is -1.97. The van der Waals surface area contributed by atoms with Crippen molar-refractivity contribution in [3.8, 4) is 22.7 Å². The van der Waals surface area contributed by atoms with Gasteiger partial charge in [0.2, 0.25) is 0 Å². The molecule has 0 saturated carbocycles. The van der Waals surface area contributed by atoms with E-state index in [9.17, 15) is 9.50 Å². The highest BCUT2D eigenvalue weighted by Crippen LogP contribution is 2.27. The lowest BCUT2D eigenvalue weighted by atomic mass is 10.2. The van der Waals surface area contributed by atoms with Crippen LogP contribution >= 0.6 is 22.6 Å². The van der Waals surface area contributed by atoms with E-state index < -0.39 is 0 Å². The Morgan fingerprint density at radius 3 is 2.80 bits per heavy atom. The summed E-state index contributed by atoms with van der Waals surface area (Å²) in [4.78, 5) is 8.03. The summed E-state index contributed by atoms with van der Waals surface area (Å²) in [7, 11) is 0. The summed E-state index contributed by atoms with van der Waals surface area (Å²) in [5.74, 6) is -0.415. The number of nitrogens with zero attached hydrogens (tertiary/aromatic N) is 4. The fourth-order valence-electron chi connectivity index (χ4n) is 1.78. The van der Waals surface area contributed by atoms with Crippen molar-refractivity contribution in [2.75, 3.05) is 0 Å². The van der Waals surface area contributed by atoms with E-state index in [0.29, 0.717) is 20.8 Å². The molecule has 0 aliphatic carbocycles. The normalized spacial score (nSPS) is 10.7. The van der Waals surface area contributed by atoms with Crippen LogP contribution in [-0.2, 0) is 0 Å². The van der Waals surface area contributed by atoms with Crippen molar-refractivity contribution in [3.63, 3.8) is 0 Å². The van der Waals surface area contributed by atoms with Gasteiger partial charge >= 0.3 is 0 Å². The molecule has 7 heteroatoms. The van der Waals surface area contributed by atoms with Gasteiger partial charge in [-0.15, -0.1) is 0 Å². The second kappa shape index (κ2) is 5.16. The highest BCUT2D eigenvalue weighted by molar-refractivity contribution is 14.1. The summed E-state index contributed by atoms with van der Waals surface area (Å²) in [6.07, 6.45) is 4.45. The van der Waals surface area contributed by atoms with E-state index in [0.717, 1.165) is 0 Å². The minimum atomic E-state index is -0.372. The van der Waals surface area contributed by atoms with Gasteiger partial charge in [-0.2, -0.15) is 5.10 Å². The molecule has 0 saturated heterocycles. The summed E-state index contributed by atoms with van der Waals surface area (Å²) in [5, 5.41) is 13.9. The number of hydrogen-bond donors (Lipinski definition) is 1. The molecule has 0 bridgehead atoms. The Hall–Kier alpha value is -2.03. The van der Waals surface area contributed by atoms with Crippen LogP contribution < -0.4 is 0 Å². The largest absolute Gasteiger partial charge is 0.504 e. The Kier molecular flexibility index (Phi) is 3.35. The number of aromatic nitrogens is 4. The maximum absolute atomic E-state index is 13.7. The topological polar surface area (TPSA) is 63.8 Å². The molecule has 0 spiro atoms. The van der Waals surface area contributed by atoms with Crippen molar-refractivity contribution in [3.05, 3.63) is 52.5 Å². The molecular formula is C13H8FIN4O. The molecule has 5 nitrogen and oxygen atoms in total. The second-order valence-corrected chi connectivity index (χ2v) is 4.96. The van der Waals surface area contributed by atoms with Crippen LogP contribution in [0.4, 0.5) is 4.39 Å². The summed E-state index contributed by atoms with van der Waals surface area (Å²) in [6.45, 7) is 0. The summed E-state index contributed by atoms with van der Waals surface area (Å²) >= 11 is 1.95. The third-order valence-corrected chi connectivity index (χ3v) is 3.22. The minimum Gasteiger partial charge on any atom is -0.504 e. The quantitative estimate of drug-likeness (QED) is 0.547. The Morgan fingerprint density at radius 2 is 2.00 bits per heavy atom. The van der Waals surface area contributed by atoms with Crippen molar-refractivity contribution in [1.82, 2.24) is 19.7 Å². The van der Waals surface area contributed by atoms with E-state index in [2.05, 4.69) is 15.1 Å². The smallest absolute Gasteiger partial charge is 0.191 e. The molecule has 20 heavy (non-hydrogen) atoms. The van der Waals surface area contributed by atoms with Gasteiger partial charge in [0.05, 0.1) is 12.4 Å². The lowest BCUT2D eigenvalue weighted by molar-refractivity contribution is 0.471. The van der Waals surface area contributed by atoms with E-state index in [1.54, 1.807) is 24.4 Å². The molecule has 1 aromatic carbocycles. The molecule has 0 aliphatic heterocycles. The zero-order chi connectivity index (χ0) is 14.1. The highest BCUT2D eigenvalue weighted by atomic mass is 127. The van der Waals surface area contributed by atoms with Crippen LogP contribution in [0.1, 0.15) is 0 Å². The number of para-hydroxylation sites is 1. The molecule has 2 heterocycles. The molecule has 3 rings (SSSR count). The van der Waals surface area contributed by atoms with Gasteiger partial charge in [0.1, 0.15) is 17.2 Å². The van der Waals surface area contributed by atoms with Gasteiger partial charge in [-0.1, -0.05) is 12.1 Å². The van der Waals surface area contributed by atoms with Gasteiger partial charge in [-0.3, -0.25) is 0 Å². The van der Waals surface area contributed by atoms with Crippen molar-refractivity contribution in [2.45, 2.75) is 0 Å². The third-order valence-electron chi connectivity index (χ3n) is 2.70.